The summed E-state index contributed by atoms with van der Waals surface area (Å²) in [5, 5.41) is 11.0. The summed E-state index contributed by atoms with van der Waals surface area (Å²) in [4.78, 5) is 22.3. The Morgan fingerprint density at radius 3 is 2.56 bits per heavy atom. The van der Waals surface area contributed by atoms with Gasteiger partial charge in [0.1, 0.15) is 6.04 Å². The Kier molecular flexibility index (Phi) is 5.28. The Hall–Kier alpha value is -3.78. The summed E-state index contributed by atoms with van der Waals surface area (Å²) in [6, 6.07) is 20.6. The maximum absolute atomic E-state index is 13.4. The van der Waals surface area contributed by atoms with Crippen LogP contribution < -0.4 is 10.6 Å². The zero-order valence-corrected chi connectivity index (χ0v) is 18.7. The van der Waals surface area contributed by atoms with Crippen LogP contribution in [0.3, 0.4) is 0 Å². The predicted octanol–water partition coefficient (Wildman–Crippen LogP) is 5.03. The van der Waals surface area contributed by atoms with Gasteiger partial charge in [-0.05, 0) is 48.9 Å². The second-order valence-electron chi connectivity index (χ2n) is 7.38. The SMILES string of the molecule is CC1=C(C(=O)Nc2ccccc2)[C@@H](c2ccc(Br)cc2)n2nc(-c3cccnc3)nc2N1. The molecule has 2 aromatic heterocycles. The maximum atomic E-state index is 13.4. The smallest absolute Gasteiger partial charge is 0.255 e. The highest BCUT2D eigenvalue weighted by atomic mass is 79.9. The van der Waals surface area contributed by atoms with E-state index in [1.165, 1.54) is 0 Å². The predicted molar refractivity (Wildman–Crippen MR) is 127 cm³/mol. The van der Waals surface area contributed by atoms with E-state index >= 15 is 0 Å². The van der Waals surface area contributed by atoms with Crippen LogP contribution in [-0.4, -0.2) is 25.7 Å². The number of nitrogens with zero attached hydrogens (tertiary/aromatic N) is 4. The average molecular weight is 487 g/mol. The topological polar surface area (TPSA) is 84.7 Å². The summed E-state index contributed by atoms with van der Waals surface area (Å²) in [6.45, 7) is 1.88. The second kappa shape index (κ2) is 8.39. The lowest BCUT2D eigenvalue weighted by Gasteiger charge is -2.28. The van der Waals surface area contributed by atoms with Gasteiger partial charge in [-0.3, -0.25) is 9.78 Å². The number of benzene rings is 2. The number of carbonyl (C=O) groups is 1. The molecule has 0 aliphatic carbocycles. The van der Waals surface area contributed by atoms with E-state index in [4.69, 9.17) is 5.10 Å². The van der Waals surface area contributed by atoms with Gasteiger partial charge in [-0.1, -0.05) is 46.3 Å². The number of anilines is 2. The number of para-hydroxylation sites is 1. The van der Waals surface area contributed by atoms with Gasteiger partial charge in [0.25, 0.3) is 5.91 Å². The number of carbonyl (C=O) groups excluding carboxylic acids is 1. The van der Waals surface area contributed by atoms with Gasteiger partial charge in [0.2, 0.25) is 5.95 Å². The van der Waals surface area contributed by atoms with Gasteiger partial charge in [0.15, 0.2) is 5.82 Å². The van der Waals surface area contributed by atoms with Crippen molar-refractivity contribution in [2.24, 2.45) is 0 Å². The van der Waals surface area contributed by atoms with E-state index < -0.39 is 6.04 Å². The van der Waals surface area contributed by atoms with E-state index in [1.54, 1.807) is 17.1 Å². The van der Waals surface area contributed by atoms with E-state index in [1.807, 2.05) is 73.7 Å². The molecular formula is C24H19BrN6O. The molecule has 1 aliphatic heterocycles. The summed E-state index contributed by atoms with van der Waals surface area (Å²) in [6.07, 6.45) is 3.43. The number of rotatable bonds is 4. The number of hydrogen-bond acceptors (Lipinski definition) is 5. The molecule has 2 aromatic carbocycles. The molecule has 32 heavy (non-hydrogen) atoms. The lowest BCUT2D eigenvalue weighted by molar-refractivity contribution is -0.113. The van der Waals surface area contributed by atoms with Crippen molar-refractivity contribution in [3.05, 3.63) is 100 Å². The van der Waals surface area contributed by atoms with Crippen LogP contribution in [0.25, 0.3) is 11.4 Å². The number of nitrogens with one attached hydrogen (secondary N) is 2. The van der Waals surface area contributed by atoms with E-state index in [-0.39, 0.29) is 5.91 Å². The largest absolute Gasteiger partial charge is 0.328 e. The minimum Gasteiger partial charge on any atom is -0.328 e. The number of halogens is 1. The molecule has 158 valence electrons. The second-order valence-corrected chi connectivity index (χ2v) is 8.30. The molecule has 0 unspecified atom stereocenters. The molecule has 4 aromatic rings. The van der Waals surface area contributed by atoms with Crippen LogP contribution in [0.4, 0.5) is 11.6 Å². The molecule has 1 aliphatic rings. The van der Waals surface area contributed by atoms with E-state index in [9.17, 15) is 4.79 Å². The van der Waals surface area contributed by atoms with Gasteiger partial charge in [-0.15, -0.1) is 5.10 Å². The zero-order valence-electron chi connectivity index (χ0n) is 17.2. The first-order valence-corrected chi connectivity index (χ1v) is 10.9. The molecule has 2 N–H and O–H groups in total. The van der Waals surface area contributed by atoms with Crippen molar-refractivity contribution in [1.29, 1.82) is 0 Å². The van der Waals surface area contributed by atoms with Crippen molar-refractivity contribution in [1.82, 2.24) is 19.7 Å². The monoisotopic (exact) mass is 486 g/mol. The van der Waals surface area contributed by atoms with Gasteiger partial charge in [-0.2, -0.15) is 4.98 Å². The summed E-state index contributed by atoms with van der Waals surface area (Å²) >= 11 is 3.49. The van der Waals surface area contributed by atoms with Gasteiger partial charge < -0.3 is 10.6 Å². The number of amides is 1. The fraction of sp³-hybridized carbons (Fsp3) is 0.0833. The van der Waals surface area contributed by atoms with Crippen LogP contribution in [0.5, 0.6) is 0 Å². The molecule has 3 heterocycles. The van der Waals surface area contributed by atoms with Gasteiger partial charge in [0.05, 0.1) is 5.57 Å². The number of aromatic nitrogens is 4. The highest BCUT2D eigenvalue weighted by Crippen LogP contribution is 2.37. The number of pyridine rings is 1. The van der Waals surface area contributed by atoms with Crippen molar-refractivity contribution < 1.29 is 4.79 Å². The van der Waals surface area contributed by atoms with Crippen molar-refractivity contribution in [3.63, 3.8) is 0 Å². The highest BCUT2D eigenvalue weighted by Gasteiger charge is 2.34. The fourth-order valence-corrected chi connectivity index (χ4v) is 4.00. The van der Waals surface area contributed by atoms with Gasteiger partial charge in [0, 0.05) is 33.8 Å². The normalized spacial score (nSPS) is 15.1. The summed E-state index contributed by atoms with van der Waals surface area (Å²) < 4.78 is 2.72. The molecule has 0 fully saturated rings. The van der Waals surface area contributed by atoms with Crippen LogP contribution in [0.1, 0.15) is 18.5 Å². The Morgan fingerprint density at radius 2 is 1.84 bits per heavy atom. The summed E-state index contributed by atoms with van der Waals surface area (Å²) in [7, 11) is 0. The van der Waals surface area contributed by atoms with Crippen molar-refractivity contribution >= 4 is 33.5 Å². The molecule has 1 amide bonds. The van der Waals surface area contributed by atoms with Crippen LogP contribution >= 0.6 is 15.9 Å². The molecule has 0 saturated heterocycles. The molecule has 0 radical (unpaired) electrons. The molecule has 5 rings (SSSR count). The lowest BCUT2D eigenvalue weighted by Crippen LogP contribution is -2.31. The van der Waals surface area contributed by atoms with E-state index in [2.05, 4.69) is 36.5 Å². The van der Waals surface area contributed by atoms with Crippen molar-refractivity contribution in [2.75, 3.05) is 10.6 Å². The van der Waals surface area contributed by atoms with Crippen molar-refractivity contribution in [3.8, 4) is 11.4 Å². The first kappa shape index (κ1) is 20.1. The van der Waals surface area contributed by atoms with Crippen LogP contribution in [-0.2, 0) is 4.79 Å². The van der Waals surface area contributed by atoms with Gasteiger partial charge >= 0.3 is 0 Å². The third-order valence-corrected chi connectivity index (χ3v) is 5.76. The number of fused-ring (bicyclic) bond motifs is 1. The minimum absolute atomic E-state index is 0.196. The molecule has 1 atom stereocenters. The lowest BCUT2D eigenvalue weighted by atomic mass is 9.95. The first-order chi connectivity index (χ1) is 15.6. The summed E-state index contributed by atoms with van der Waals surface area (Å²) in [5.74, 6) is 0.920. The van der Waals surface area contributed by atoms with Gasteiger partial charge in [-0.25, -0.2) is 4.68 Å². The minimum atomic E-state index is -0.444. The molecular weight excluding hydrogens is 468 g/mol. The Labute approximate surface area is 193 Å². The van der Waals surface area contributed by atoms with Crippen LogP contribution in [0.2, 0.25) is 0 Å². The Bertz CT molecular complexity index is 1300. The van der Waals surface area contributed by atoms with E-state index in [0.29, 0.717) is 17.3 Å². The number of hydrogen-bond donors (Lipinski definition) is 2. The molecule has 0 bridgehead atoms. The Morgan fingerprint density at radius 1 is 1.06 bits per heavy atom. The van der Waals surface area contributed by atoms with Crippen molar-refractivity contribution in [2.45, 2.75) is 13.0 Å². The molecule has 8 heteroatoms. The standard InChI is InChI=1S/C24H19BrN6O/c1-15-20(23(32)28-19-7-3-2-4-8-19)21(16-9-11-18(25)12-10-16)31-24(27-15)29-22(30-31)17-6-5-13-26-14-17/h2-14,21H,1H3,(H,28,32)(H,27,29,30)/t21-/m1/s1. The van der Waals surface area contributed by atoms with E-state index in [0.717, 1.165) is 27.0 Å². The van der Waals surface area contributed by atoms with Crippen LogP contribution in [0.15, 0.2) is 94.9 Å². The third-order valence-electron chi connectivity index (χ3n) is 5.23. The fourth-order valence-electron chi connectivity index (χ4n) is 3.74. The third kappa shape index (κ3) is 3.80. The zero-order chi connectivity index (χ0) is 22.1. The first-order valence-electron chi connectivity index (χ1n) is 10.1. The quantitative estimate of drug-likeness (QED) is 0.422. The highest BCUT2D eigenvalue weighted by molar-refractivity contribution is 9.10. The Balaban J connectivity index is 1.60. The molecule has 0 spiro atoms. The summed E-state index contributed by atoms with van der Waals surface area (Å²) in [5.41, 5.74) is 3.76. The average Bonchev–Trinajstić information content (AvgIpc) is 3.23. The van der Waals surface area contributed by atoms with Crippen LogP contribution in [0, 0.1) is 0 Å². The number of allylic oxidation sites excluding steroid dienone is 1. The maximum Gasteiger partial charge on any atom is 0.255 e. The molecule has 0 saturated carbocycles. The molecule has 7 nitrogen and oxygen atoms in total.